The van der Waals surface area contributed by atoms with Gasteiger partial charge in [-0.3, -0.25) is 4.79 Å². The molecule has 3 unspecified atom stereocenters. The highest BCUT2D eigenvalue weighted by molar-refractivity contribution is 6.04. The fourth-order valence-corrected chi connectivity index (χ4v) is 3.95. The molecule has 0 amide bonds. The molecule has 1 fully saturated rings. The van der Waals surface area contributed by atoms with Crippen molar-refractivity contribution < 1.29 is 43.8 Å². The molecular weight excluding hydrogens is 420 g/mol. The lowest BCUT2D eigenvalue weighted by atomic mass is 9.94. The number of benzene rings is 2. The molecule has 0 bridgehead atoms. The molecule has 2 aliphatic rings. The van der Waals surface area contributed by atoms with E-state index in [2.05, 4.69) is 0 Å². The fourth-order valence-electron chi connectivity index (χ4n) is 3.95. The third-order valence-electron chi connectivity index (χ3n) is 5.72. The quantitative estimate of drug-likeness (QED) is 0.628. The normalized spacial score (nSPS) is 29.6. The van der Waals surface area contributed by atoms with E-state index in [9.17, 15) is 20.1 Å². The van der Waals surface area contributed by atoms with Crippen molar-refractivity contribution in [2.24, 2.45) is 0 Å². The molecule has 2 aliphatic heterocycles. The molecule has 9 nitrogen and oxygen atoms in total. The smallest absolute Gasteiger partial charge is 0.229 e. The second-order valence-corrected chi connectivity index (χ2v) is 7.76. The van der Waals surface area contributed by atoms with Crippen LogP contribution in [0, 0.1) is 0 Å². The Hall–Kier alpha value is -2.85. The van der Waals surface area contributed by atoms with Crippen LogP contribution in [0.2, 0.25) is 0 Å². The number of ether oxygens (including phenoxy) is 5. The maximum Gasteiger partial charge on any atom is 0.229 e. The summed E-state index contributed by atoms with van der Waals surface area (Å²) in [5, 5.41) is 30.4. The summed E-state index contributed by atoms with van der Waals surface area (Å²) in [6, 6.07) is 10.8. The number of aliphatic hydroxyl groups excluding tert-OH is 3. The van der Waals surface area contributed by atoms with E-state index in [1.165, 1.54) is 20.3 Å². The average molecular weight is 446 g/mol. The van der Waals surface area contributed by atoms with Crippen LogP contribution in [0.5, 0.6) is 23.0 Å². The van der Waals surface area contributed by atoms with E-state index in [0.29, 0.717) is 0 Å². The van der Waals surface area contributed by atoms with E-state index in [-0.39, 0.29) is 40.8 Å². The molecule has 0 aliphatic carbocycles. The van der Waals surface area contributed by atoms with Crippen LogP contribution in [-0.2, 0) is 4.74 Å². The zero-order valence-corrected chi connectivity index (χ0v) is 17.9. The summed E-state index contributed by atoms with van der Waals surface area (Å²) in [4.78, 5) is 13.2. The highest BCUT2D eigenvalue weighted by atomic mass is 16.7. The minimum atomic E-state index is -1.54. The molecule has 1 saturated heterocycles. The van der Waals surface area contributed by atoms with Crippen molar-refractivity contribution in [2.45, 2.75) is 50.2 Å². The van der Waals surface area contributed by atoms with Crippen molar-refractivity contribution in [1.29, 1.82) is 0 Å². The van der Waals surface area contributed by atoms with Crippen molar-refractivity contribution in [3.05, 3.63) is 47.5 Å². The van der Waals surface area contributed by atoms with Gasteiger partial charge in [0.2, 0.25) is 12.0 Å². The molecule has 0 spiro atoms. The van der Waals surface area contributed by atoms with Gasteiger partial charge in [-0.2, -0.15) is 0 Å². The van der Waals surface area contributed by atoms with Gasteiger partial charge < -0.3 is 39.0 Å². The summed E-state index contributed by atoms with van der Waals surface area (Å²) >= 11 is 0. The Bertz CT molecular complexity index is 977. The molecule has 2 aromatic carbocycles. The first-order valence-corrected chi connectivity index (χ1v) is 10.3. The number of hydrogen-bond donors (Lipinski definition) is 3. The molecule has 0 saturated carbocycles. The highest BCUT2D eigenvalue weighted by Crippen LogP contribution is 2.50. The standard InChI is InChI=1S/C23H26O9/c1-11-18(25)19(26)20(27)23(30-11)32-15-10-16(28-2)21(29-3)22-17(15)13(24)9-14(31-22)12-7-5-4-6-8-12/h4-8,10-11,14,18-20,23,25-27H,9H2,1-3H3/t11?,14?,18-,19-,20?,23-/m0/s1. The van der Waals surface area contributed by atoms with Crippen molar-refractivity contribution in [1.82, 2.24) is 0 Å². The van der Waals surface area contributed by atoms with Crippen LogP contribution in [0.1, 0.15) is 35.4 Å². The predicted molar refractivity (Wildman–Crippen MR) is 111 cm³/mol. The van der Waals surface area contributed by atoms with Crippen LogP contribution in [0.15, 0.2) is 36.4 Å². The number of hydrogen-bond acceptors (Lipinski definition) is 9. The minimum Gasteiger partial charge on any atom is -0.493 e. The van der Waals surface area contributed by atoms with Crippen LogP contribution in [0.25, 0.3) is 0 Å². The molecular formula is C23H26O9. The van der Waals surface area contributed by atoms with Crippen LogP contribution >= 0.6 is 0 Å². The Labute approximate surface area is 185 Å². The fraction of sp³-hybridized carbons (Fsp3) is 0.435. The Kier molecular flexibility index (Phi) is 6.25. The molecule has 6 atom stereocenters. The summed E-state index contributed by atoms with van der Waals surface area (Å²) in [5.74, 6) is 0.439. The van der Waals surface area contributed by atoms with Crippen molar-refractivity contribution in [3.63, 3.8) is 0 Å². The van der Waals surface area contributed by atoms with Gasteiger partial charge in [0.25, 0.3) is 0 Å². The summed E-state index contributed by atoms with van der Waals surface area (Å²) in [6.45, 7) is 1.54. The number of fused-ring (bicyclic) bond motifs is 1. The Balaban J connectivity index is 1.75. The number of aliphatic hydroxyl groups is 3. The largest absolute Gasteiger partial charge is 0.493 e. The molecule has 32 heavy (non-hydrogen) atoms. The number of carbonyl (C=O) groups excluding carboxylic acids is 1. The van der Waals surface area contributed by atoms with Gasteiger partial charge in [0.05, 0.1) is 26.7 Å². The van der Waals surface area contributed by atoms with Crippen molar-refractivity contribution in [3.8, 4) is 23.0 Å². The Morgan fingerprint density at radius 3 is 2.34 bits per heavy atom. The summed E-state index contributed by atoms with van der Waals surface area (Å²) in [6.07, 6.45) is -6.89. The van der Waals surface area contributed by atoms with E-state index in [4.69, 9.17) is 23.7 Å². The van der Waals surface area contributed by atoms with Gasteiger partial charge in [-0.25, -0.2) is 0 Å². The van der Waals surface area contributed by atoms with Crippen LogP contribution in [0.4, 0.5) is 0 Å². The third kappa shape index (κ3) is 3.88. The highest BCUT2D eigenvalue weighted by Gasteiger charge is 2.44. The first-order valence-electron chi connectivity index (χ1n) is 10.3. The van der Waals surface area contributed by atoms with Gasteiger partial charge in [0.15, 0.2) is 17.3 Å². The molecule has 2 aromatic rings. The molecule has 0 aromatic heterocycles. The van der Waals surface area contributed by atoms with E-state index in [0.717, 1.165) is 5.56 Å². The Morgan fingerprint density at radius 1 is 0.969 bits per heavy atom. The van der Waals surface area contributed by atoms with Gasteiger partial charge in [0.1, 0.15) is 35.7 Å². The number of ketones is 1. The van der Waals surface area contributed by atoms with E-state index >= 15 is 0 Å². The monoisotopic (exact) mass is 446 g/mol. The summed E-state index contributed by atoms with van der Waals surface area (Å²) < 4.78 is 28.4. The molecule has 3 N–H and O–H groups in total. The predicted octanol–water partition coefficient (Wildman–Crippen LogP) is 1.62. The SMILES string of the molecule is COc1cc(O[C@@H]2OC(C)[C@H](O)[C@H](O)C2O)c2c(c1OC)OC(c1ccccc1)CC2=O. The minimum absolute atomic E-state index is 0.0500. The van der Waals surface area contributed by atoms with Gasteiger partial charge in [-0.1, -0.05) is 30.3 Å². The Morgan fingerprint density at radius 2 is 1.69 bits per heavy atom. The second kappa shape index (κ2) is 8.95. The van der Waals surface area contributed by atoms with Crippen LogP contribution < -0.4 is 18.9 Å². The molecule has 4 rings (SSSR count). The molecule has 0 radical (unpaired) electrons. The number of methoxy groups -OCH3 is 2. The lowest BCUT2D eigenvalue weighted by molar-refractivity contribution is -0.268. The number of Topliss-reactive ketones (excluding diaryl/α,β-unsaturated/α-hetero) is 1. The van der Waals surface area contributed by atoms with Gasteiger partial charge in [-0.15, -0.1) is 0 Å². The maximum atomic E-state index is 13.2. The van der Waals surface area contributed by atoms with E-state index < -0.39 is 36.8 Å². The van der Waals surface area contributed by atoms with Crippen molar-refractivity contribution >= 4 is 5.78 Å². The second-order valence-electron chi connectivity index (χ2n) is 7.76. The zero-order chi connectivity index (χ0) is 23.0. The van der Waals surface area contributed by atoms with Gasteiger partial charge in [-0.05, 0) is 12.5 Å². The van der Waals surface area contributed by atoms with Gasteiger partial charge in [0, 0.05) is 6.07 Å². The number of carbonyl (C=O) groups is 1. The topological polar surface area (TPSA) is 124 Å². The number of rotatable bonds is 5. The van der Waals surface area contributed by atoms with Crippen LogP contribution in [-0.4, -0.2) is 66.0 Å². The van der Waals surface area contributed by atoms with Gasteiger partial charge >= 0.3 is 0 Å². The van der Waals surface area contributed by atoms with E-state index in [1.54, 1.807) is 6.92 Å². The summed E-state index contributed by atoms with van der Waals surface area (Å²) in [5.41, 5.74) is 0.953. The summed E-state index contributed by atoms with van der Waals surface area (Å²) in [7, 11) is 2.87. The van der Waals surface area contributed by atoms with Crippen molar-refractivity contribution in [2.75, 3.05) is 14.2 Å². The average Bonchev–Trinajstić information content (AvgIpc) is 2.80. The van der Waals surface area contributed by atoms with E-state index in [1.807, 2.05) is 30.3 Å². The zero-order valence-electron chi connectivity index (χ0n) is 17.9. The maximum absolute atomic E-state index is 13.2. The molecule has 2 heterocycles. The lowest BCUT2D eigenvalue weighted by Crippen LogP contribution is -2.58. The third-order valence-corrected chi connectivity index (χ3v) is 5.72. The lowest BCUT2D eigenvalue weighted by Gasteiger charge is -2.39. The first kappa shape index (κ1) is 22.3. The molecule has 172 valence electrons. The first-order chi connectivity index (χ1) is 15.3. The van der Waals surface area contributed by atoms with Crippen LogP contribution in [0.3, 0.4) is 0 Å². The molecule has 9 heteroatoms.